The fourth-order valence-electron chi connectivity index (χ4n) is 1.78. The number of hydrogen-bond donors (Lipinski definition) is 0. The monoisotopic (exact) mass is 823 g/mol. The van der Waals surface area contributed by atoms with Crippen molar-refractivity contribution in [2.45, 2.75) is 73.6 Å². The first kappa shape index (κ1) is 35.8. The van der Waals surface area contributed by atoms with E-state index >= 15 is 0 Å². The molecule has 0 aliphatic carbocycles. The van der Waals surface area contributed by atoms with Crippen molar-refractivity contribution in [3.63, 3.8) is 0 Å². The van der Waals surface area contributed by atoms with Crippen molar-refractivity contribution < 1.29 is 13.3 Å². The fraction of sp³-hybridized carbons (Fsp3) is 0.478. The van der Waals surface area contributed by atoms with Gasteiger partial charge in [0.15, 0.2) is 0 Å². The zero-order valence-electron chi connectivity index (χ0n) is 18.4. The van der Waals surface area contributed by atoms with Gasteiger partial charge >= 0.3 is 50.5 Å². The van der Waals surface area contributed by atoms with Gasteiger partial charge in [0.25, 0.3) is 0 Å². The summed E-state index contributed by atoms with van der Waals surface area (Å²) < 4.78 is 0. The summed E-state index contributed by atoms with van der Waals surface area (Å²) in [6, 6.07) is 21.1. The summed E-state index contributed by atoms with van der Waals surface area (Å²) in [4.78, 5) is 0. The standard InChI is InChI=1S/C10H14.C9H12.2C2H6.I3.HI/c1-10(2,3)9-7-5-4-6-8-9;1-8(2)9-6-4-3-5-7-9;2*1-2;1-3-2;/h4-8H,1-3H3;3-8H,1-2H3;2*1-2H3;;1H/q;;;;-1;. The Bertz CT molecular complexity index is 477. The quantitative estimate of drug-likeness (QED) is 0.267. The molecule has 0 saturated heterocycles. The number of hydrogen-bond acceptors (Lipinski definition) is 0. The molecule has 0 aromatic heterocycles. The molecule has 0 nitrogen and oxygen atoms in total. The van der Waals surface area contributed by atoms with Crippen LogP contribution in [0.5, 0.6) is 0 Å². The van der Waals surface area contributed by atoms with Crippen LogP contribution in [0.25, 0.3) is 0 Å². The van der Waals surface area contributed by atoms with E-state index in [9.17, 15) is 0 Å². The predicted octanol–water partition coefficient (Wildman–Crippen LogP) is 7.24. The van der Waals surface area contributed by atoms with E-state index in [-0.39, 0.29) is 24.0 Å². The fourth-order valence-corrected chi connectivity index (χ4v) is 1.78. The summed E-state index contributed by atoms with van der Waals surface area (Å²) in [6.45, 7) is 19.1. The van der Waals surface area contributed by atoms with Gasteiger partial charge in [0.2, 0.25) is 0 Å². The van der Waals surface area contributed by atoms with E-state index in [1.165, 1.54) is 11.1 Å². The number of benzene rings is 2. The Morgan fingerprint density at radius 1 is 0.704 bits per heavy atom. The Labute approximate surface area is 217 Å². The first-order valence-electron chi connectivity index (χ1n) is 9.30. The minimum atomic E-state index is 0. The van der Waals surface area contributed by atoms with Crippen molar-refractivity contribution in [3.05, 3.63) is 71.8 Å². The van der Waals surface area contributed by atoms with Crippen molar-refractivity contribution in [1.82, 2.24) is 0 Å². The summed E-state index contributed by atoms with van der Waals surface area (Å²) in [6.07, 6.45) is 0. The van der Waals surface area contributed by atoms with Gasteiger partial charge in [0, 0.05) is 0 Å². The summed E-state index contributed by atoms with van der Waals surface area (Å²) in [5.74, 6) is 0.659. The molecule has 0 spiro atoms. The second kappa shape index (κ2) is 25.4. The Morgan fingerprint density at radius 2 is 1.00 bits per heavy atom. The molecule has 0 amide bonds. The zero-order valence-corrected chi connectivity index (χ0v) is 27.2. The molecule has 160 valence electrons. The second-order valence-corrected chi connectivity index (χ2v) is 22.5. The molecule has 0 atom stereocenters. The summed E-state index contributed by atoms with van der Waals surface area (Å²) in [5.41, 5.74) is 3.11. The number of rotatable bonds is 1. The molecule has 0 bridgehead atoms. The molecule has 4 heteroatoms. The SMILES string of the molecule is CC.CC.CC(C)(C)c1ccccc1.CC(C)c1ccccc1.I.I[I-]I. The van der Waals surface area contributed by atoms with Gasteiger partial charge in [0.1, 0.15) is 0 Å². The third-order valence-corrected chi connectivity index (χ3v) is 3.11. The van der Waals surface area contributed by atoms with Crippen molar-refractivity contribution in [2.24, 2.45) is 0 Å². The van der Waals surface area contributed by atoms with Crippen molar-refractivity contribution >= 4 is 61.2 Å². The molecular formula is C23H39I4-. The Balaban J connectivity index is -0.000000144. The van der Waals surface area contributed by atoms with Gasteiger partial charge in [-0.25, -0.2) is 0 Å². The van der Waals surface area contributed by atoms with Crippen LogP contribution < -0.4 is 13.3 Å². The first-order valence-corrected chi connectivity index (χ1v) is 21.9. The van der Waals surface area contributed by atoms with Gasteiger partial charge in [0.05, 0.1) is 0 Å². The average Bonchev–Trinajstić information content (AvgIpc) is 2.67. The molecule has 0 aliphatic rings. The summed E-state index contributed by atoms with van der Waals surface area (Å²) in [7, 11) is 0. The van der Waals surface area contributed by atoms with Crippen LogP contribution in [0.4, 0.5) is 0 Å². The van der Waals surface area contributed by atoms with Gasteiger partial charge < -0.3 is 0 Å². The molecule has 0 radical (unpaired) electrons. The van der Waals surface area contributed by atoms with Crippen LogP contribution in [-0.4, -0.2) is 0 Å². The zero-order chi connectivity index (χ0) is 21.0. The van der Waals surface area contributed by atoms with Gasteiger partial charge in [-0.05, 0) is 22.5 Å². The maximum absolute atomic E-state index is 2.39. The van der Waals surface area contributed by atoms with Crippen LogP contribution in [0.15, 0.2) is 60.7 Å². The third kappa shape index (κ3) is 23.5. The predicted molar refractivity (Wildman–Crippen MR) is 152 cm³/mol. The van der Waals surface area contributed by atoms with Crippen LogP contribution in [0.2, 0.25) is 0 Å². The van der Waals surface area contributed by atoms with Gasteiger partial charge in [-0.3, -0.25) is 0 Å². The Morgan fingerprint density at radius 3 is 1.19 bits per heavy atom. The van der Waals surface area contributed by atoms with E-state index in [0.717, 1.165) is 0 Å². The molecule has 27 heavy (non-hydrogen) atoms. The Kier molecular flexibility index (Phi) is 33.7. The first-order chi connectivity index (χ1) is 12.3. The van der Waals surface area contributed by atoms with Crippen molar-refractivity contribution in [1.29, 1.82) is 0 Å². The molecule has 0 N–H and O–H groups in total. The number of halogens is 4. The van der Waals surface area contributed by atoms with E-state index in [1.807, 2.05) is 33.8 Å². The summed E-state index contributed by atoms with van der Waals surface area (Å²) >= 11 is 5.30. The molecule has 0 saturated carbocycles. The third-order valence-electron chi connectivity index (χ3n) is 3.11. The van der Waals surface area contributed by atoms with Crippen molar-refractivity contribution in [3.8, 4) is 0 Å². The van der Waals surface area contributed by atoms with Crippen LogP contribution in [0.3, 0.4) is 0 Å². The molecule has 2 aromatic carbocycles. The molecule has 0 heterocycles. The topological polar surface area (TPSA) is 0 Å². The van der Waals surface area contributed by atoms with Gasteiger partial charge in [-0.1, -0.05) is 123 Å². The van der Waals surface area contributed by atoms with Crippen LogP contribution in [-0.2, 0) is 5.41 Å². The van der Waals surface area contributed by atoms with Crippen LogP contribution in [0, 0.1) is 0 Å². The van der Waals surface area contributed by atoms with E-state index in [4.69, 9.17) is 0 Å². The molecular weight excluding hydrogens is 784 g/mol. The molecule has 2 rings (SSSR count). The molecule has 2 aromatic rings. The normalized spacial score (nSPS) is 8.89. The molecule has 0 aliphatic heterocycles. The van der Waals surface area contributed by atoms with E-state index < -0.39 is 0 Å². The summed E-state index contributed by atoms with van der Waals surface area (Å²) in [5, 5.41) is 0. The second-order valence-electron chi connectivity index (χ2n) is 6.24. The van der Waals surface area contributed by atoms with Crippen molar-refractivity contribution in [2.75, 3.05) is 0 Å². The molecule has 0 fully saturated rings. The minimum absolute atomic E-state index is 0. The Hall–Kier alpha value is 1.36. The average molecular weight is 823 g/mol. The molecule has 0 unspecified atom stereocenters. The van der Waals surface area contributed by atoms with Gasteiger partial charge in [-0.2, -0.15) is 0 Å². The maximum atomic E-state index is 2.39. The van der Waals surface area contributed by atoms with E-state index in [0.29, 0.717) is 24.6 Å². The van der Waals surface area contributed by atoms with Crippen LogP contribution in [0.1, 0.15) is 79.4 Å². The van der Waals surface area contributed by atoms with Gasteiger partial charge in [-0.15, -0.1) is 24.0 Å². The van der Waals surface area contributed by atoms with E-state index in [2.05, 4.69) is 126 Å². The van der Waals surface area contributed by atoms with E-state index in [1.54, 1.807) is 0 Å². The van der Waals surface area contributed by atoms with Crippen LogP contribution >= 0.6 is 61.2 Å².